The highest BCUT2D eigenvalue weighted by Crippen LogP contribution is 2.28. The quantitative estimate of drug-likeness (QED) is 0.213. The lowest BCUT2D eigenvalue weighted by Crippen LogP contribution is -2.35. The number of oxime groups is 1. The normalized spacial score (nSPS) is 12.0. The molecule has 0 fully saturated rings. The van der Waals surface area contributed by atoms with Crippen LogP contribution in [0.5, 0.6) is 11.5 Å². The zero-order valence-electron chi connectivity index (χ0n) is 15.1. The van der Waals surface area contributed by atoms with Crippen LogP contribution in [0.2, 0.25) is 5.02 Å². The maximum atomic E-state index is 13.4. The summed E-state index contributed by atoms with van der Waals surface area (Å²) in [6, 6.07) is 4.38. The van der Waals surface area contributed by atoms with Gasteiger partial charge in [0.05, 0.1) is 10.6 Å². The lowest BCUT2D eigenvalue weighted by atomic mass is 10.1. The van der Waals surface area contributed by atoms with Gasteiger partial charge in [-0.3, -0.25) is 4.79 Å². The third-order valence-corrected chi connectivity index (χ3v) is 3.42. The molecule has 1 heterocycles. The fourth-order valence-corrected chi connectivity index (χ4v) is 2.15. The number of halogens is 2. The molecule has 2 aromatic rings. The molecular formula is C18H18ClFN2O5. The molecule has 2 rings (SSSR count). The van der Waals surface area contributed by atoms with Crippen LogP contribution in [0.4, 0.5) is 4.39 Å². The molecule has 0 unspecified atom stereocenters. The van der Waals surface area contributed by atoms with Crippen molar-refractivity contribution in [2.75, 3.05) is 0 Å². The Kier molecular flexibility index (Phi) is 5.90. The van der Waals surface area contributed by atoms with Gasteiger partial charge in [-0.2, -0.15) is 4.73 Å². The van der Waals surface area contributed by atoms with Crippen LogP contribution >= 0.6 is 11.6 Å². The minimum atomic E-state index is -0.899. The zero-order chi connectivity index (χ0) is 20.4. The number of phenolic OH excluding ortho intramolecular Hbond substituents is 1. The molecule has 0 saturated carbocycles. The zero-order valence-corrected chi connectivity index (χ0v) is 15.9. The Morgan fingerprint density at radius 3 is 2.67 bits per heavy atom. The van der Waals surface area contributed by atoms with Gasteiger partial charge in [0.25, 0.3) is 5.78 Å². The molecule has 1 aromatic heterocycles. The summed E-state index contributed by atoms with van der Waals surface area (Å²) in [6.07, 6.45) is 1.08. The minimum absolute atomic E-state index is 0.0477. The molecule has 0 amide bonds. The van der Waals surface area contributed by atoms with Crippen LogP contribution < -0.4 is 9.47 Å². The summed E-state index contributed by atoms with van der Waals surface area (Å²) in [5.74, 6) is -2.52. The van der Waals surface area contributed by atoms with Gasteiger partial charge >= 0.3 is 5.69 Å². The van der Waals surface area contributed by atoms with Crippen molar-refractivity contribution in [1.29, 1.82) is 0 Å². The van der Waals surface area contributed by atoms with Crippen LogP contribution in [-0.2, 0) is 4.84 Å². The Balaban J connectivity index is 2.44. The van der Waals surface area contributed by atoms with Crippen LogP contribution in [0, 0.1) is 11.0 Å². The molecule has 7 nitrogen and oxygen atoms in total. The van der Waals surface area contributed by atoms with Crippen LogP contribution in [0.1, 0.15) is 43.7 Å². The summed E-state index contributed by atoms with van der Waals surface area (Å²) in [5.41, 5.74) is -1.34. The third-order valence-electron chi connectivity index (χ3n) is 3.13. The third kappa shape index (κ3) is 5.07. The number of pyridine rings is 1. The molecule has 0 saturated heterocycles. The predicted molar refractivity (Wildman–Crippen MR) is 96.5 cm³/mol. The lowest BCUT2D eigenvalue weighted by molar-refractivity contribution is -0.607. The Morgan fingerprint density at radius 2 is 2.04 bits per heavy atom. The van der Waals surface area contributed by atoms with Crippen molar-refractivity contribution in [3.05, 3.63) is 57.8 Å². The van der Waals surface area contributed by atoms with E-state index < -0.39 is 28.6 Å². The second-order valence-corrected chi connectivity index (χ2v) is 6.98. The van der Waals surface area contributed by atoms with E-state index in [4.69, 9.17) is 21.2 Å². The van der Waals surface area contributed by atoms with E-state index in [0.29, 0.717) is 6.07 Å². The van der Waals surface area contributed by atoms with Crippen LogP contribution in [0.25, 0.3) is 0 Å². The van der Waals surface area contributed by atoms with Crippen molar-refractivity contribution in [1.82, 2.24) is 0 Å². The Morgan fingerprint density at radius 1 is 1.37 bits per heavy atom. The molecular weight excluding hydrogens is 379 g/mol. The molecule has 27 heavy (non-hydrogen) atoms. The van der Waals surface area contributed by atoms with Gasteiger partial charge < -0.3 is 19.9 Å². The number of ketones is 1. The van der Waals surface area contributed by atoms with E-state index in [1.807, 2.05) is 0 Å². The number of hydrogen-bond acceptors (Lipinski definition) is 6. The second-order valence-electron chi connectivity index (χ2n) is 6.58. The molecule has 0 aliphatic heterocycles. The van der Waals surface area contributed by atoms with Gasteiger partial charge in [0.15, 0.2) is 6.20 Å². The highest BCUT2D eigenvalue weighted by molar-refractivity contribution is 6.31. The van der Waals surface area contributed by atoms with Crippen molar-refractivity contribution >= 4 is 23.3 Å². The highest BCUT2D eigenvalue weighted by Gasteiger charge is 2.28. The number of carbonyl (C=O) groups is 1. The number of ether oxygens (including phenoxy) is 1. The first-order chi connectivity index (χ1) is 12.5. The summed E-state index contributed by atoms with van der Waals surface area (Å²) in [5, 5.41) is 25.5. The van der Waals surface area contributed by atoms with Crippen molar-refractivity contribution in [2.45, 2.75) is 33.3 Å². The van der Waals surface area contributed by atoms with Crippen molar-refractivity contribution in [3.8, 4) is 11.5 Å². The minimum Gasteiger partial charge on any atom is -0.618 e. The first-order valence-corrected chi connectivity index (χ1v) is 8.23. The van der Waals surface area contributed by atoms with Crippen LogP contribution in [0.15, 0.2) is 35.6 Å². The molecule has 9 heteroatoms. The number of aromatic hydroxyl groups is 1. The van der Waals surface area contributed by atoms with E-state index in [2.05, 4.69) is 5.16 Å². The largest absolute Gasteiger partial charge is 0.618 e. The fourth-order valence-electron chi connectivity index (χ4n) is 1.99. The summed E-state index contributed by atoms with van der Waals surface area (Å²) < 4.78 is 19.1. The number of aromatic nitrogens is 1. The number of phenols is 1. The molecule has 0 aliphatic rings. The molecule has 0 spiro atoms. The number of nitrogens with zero attached hydrogens (tertiary/aromatic N) is 2. The monoisotopic (exact) mass is 396 g/mol. The highest BCUT2D eigenvalue weighted by atomic mass is 35.5. The van der Waals surface area contributed by atoms with E-state index in [9.17, 15) is 19.5 Å². The Labute approximate surface area is 160 Å². The van der Waals surface area contributed by atoms with E-state index in [1.54, 1.807) is 20.8 Å². The molecule has 0 aliphatic carbocycles. The van der Waals surface area contributed by atoms with Crippen molar-refractivity contribution in [2.24, 2.45) is 5.16 Å². The molecule has 1 aromatic carbocycles. The first kappa shape index (κ1) is 20.4. The van der Waals surface area contributed by atoms with Gasteiger partial charge in [-0.25, -0.2) is 4.39 Å². The average molecular weight is 397 g/mol. The fraction of sp³-hybridized carbons (Fsp3) is 0.278. The Bertz CT molecular complexity index is 909. The molecule has 144 valence electrons. The van der Waals surface area contributed by atoms with Crippen molar-refractivity contribution < 1.29 is 28.6 Å². The molecule has 0 atom stereocenters. The molecule has 1 N–H and O–H groups in total. The summed E-state index contributed by atoms with van der Waals surface area (Å²) in [6.45, 7) is 6.84. The maximum absolute atomic E-state index is 13.4. The van der Waals surface area contributed by atoms with E-state index in [1.165, 1.54) is 19.1 Å². The maximum Gasteiger partial charge on any atom is 0.308 e. The lowest BCUT2D eigenvalue weighted by Gasteiger charge is -2.16. The Hall–Kier alpha value is -2.87. The number of hydrogen-bond donors (Lipinski definition) is 1. The predicted octanol–water partition coefficient (Wildman–Crippen LogP) is 3.58. The SMILES string of the molecule is C/C(=N/OC(C)(C)C)Oc1ccc[n+]([O-])c1C(=O)c1cc(Cl)c(F)cc1O. The van der Waals surface area contributed by atoms with Gasteiger partial charge in [-0.15, -0.1) is 0 Å². The number of rotatable bonds is 4. The van der Waals surface area contributed by atoms with Crippen LogP contribution in [-0.4, -0.2) is 22.4 Å². The summed E-state index contributed by atoms with van der Waals surface area (Å²) >= 11 is 5.68. The summed E-state index contributed by atoms with van der Waals surface area (Å²) in [7, 11) is 0. The standard InChI is InChI=1S/C18H18ClFN2O5/c1-10(21-27-18(2,3)4)26-15-6-5-7-22(25)16(15)17(24)11-8-12(19)13(20)9-14(11)23/h5-9,23H,1-4H3/b21-10-. The number of benzene rings is 1. The van der Waals surface area contributed by atoms with E-state index in [0.717, 1.165) is 12.3 Å². The molecule has 0 bridgehead atoms. The second kappa shape index (κ2) is 7.79. The van der Waals surface area contributed by atoms with Crippen molar-refractivity contribution in [3.63, 3.8) is 0 Å². The van der Waals surface area contributed by atoms with Gasteiger partial charge in [-0.1, -0.05) is 16.8 Å². The van der Waals surface area contributed by atoms with Gasteiger partial charge in [0.2, 0.25) is 11.6 Å². The van der Waals surface area contributed by atoms with Crippen LogP contribution in [0.3, 0.4) is 0 Å². The van der Waals surface area contributed by atoms with Gasteiger partial charge in [-0.05, 0) is 32.9 Å². The summed E-state index contributed by atoms with van der Waals surface area (Å²) in [4.78, 5) is 18.0. The van der Waals surface area contributed by atoms with Gasteiger partial charge in [0, 0.05) is 19.1 Å². The van der Waals surface area contributed by atoms with E-state index >= 15 is 0 Å². The topological polar surface area (TPSA) is 95.1 Å². The van der Waals surface area contributed by atoms with Gasteiger partial charge in [0.1, 0.15) is 17.2 Å². The number of carbonyl (C=O) groups excluding carboxylic acids is 1. The average Bonchev–Trinajstić information content (AvgIpc) is 2.55. The smallest absolute Gasteiger partial charge is 0.308 e. The van der Waals surface area contributed by atoms with E-state index in [-0.39, 0.29) is 27.0 Å². The molecule has 0 radical (unpaired) electrons. The first-order valence-electron chi connectivity index (χ1n) is 7.85.